The van der Waals surface area contributed by atoms with Gasteiger partial charge >= 0.3 is 0 Å². The molecular formula is C25H32N8O3. The number of hydrogen-bond acceptors (Lipinski definition) is 10. The minimum absolute atomic E-state index is 0.0122. The Morgan fingerprint density at radius 2 is 2.11 bits per heavy atom. The number of amides is 1. The number of nitrogens with zero attached hydrogens (tertiary/aromatic N) is 6. The predicted molar refractivity (Wildman–Crippen MR) is 135 cm³/mol. The summed E-state index contributed by atoms with van der Waals surface area (Å²) in [6.07, 6.45) is 5.40. The fraction of sp³-hybridized carbons (Fsp3) is 0.480. The molecule has 3 N–H and O–H groups in total. The number of aldehydes is 1. The van der Waals surface area contributed by atoms with Crippen molar-refractivity contribution in [3.63, 3.8) is 0 Å². The van der Waals surface area contributed by atoms with Crippen molar-refractivity contribution in [3.05, 3.63) is 41.2 Å². The van der Waals surface area contributed by atoms with Gasteiger partial charge in [-0.2, -0.15) is 5.26 Å². The van der Waals surface area contributed by atoms with Gasteiger partial charge < -0.3 is 25.5 Å². The van der Waals surface area contributed by atoms with Crippen LogP contribution in [0.4, 0.5) is 17.3 Å². The summed E-state index contributed by atoms with van der Waals surface area (Å²) in [5.74, 6) is 0.788. The quantitative estimate of drug-likeness (QED) is 0.350. The summed E-state index contributed by atoms with van der Waals surface area (Å²) in [7, 11) is 3.54. The number of carbonyl (C=O) groups is 2. The zero-order valence-electron chi connectivity index (χ0n) is 20.6. The lowest BCUT2D eigenvalue weighted by molar-refractivity contribution is -0.136. The Bertz CT molecular complexity index is 1140. The number of nitriles is 1. The van der Waals surface area contributed by atoms with Crippen LogP contribution in [0.15, 0.2) is 24.4 Å². The molecular weight excluding hydrogens is 460 g/mol. The molecule has 2 fully saturated rings. The molecule has 0 aromatic carbocycles. The van der Waals surface area contributed by atoms with Gasteiger partial charge in [-0.25, -0.2) is 9.97 Å². The van der Waals surface area contributed by atoms with Crippen molar-refractivity contribution in [2.24, 2.45) is 0 Å². The normalized spacial score (nSPS) is 17.5. The lowest BCUT2D eigenvalue weighted by Crippen LogP contribution is -2.48. The summed E-state index contributed by atoms with van der Waals surface area (Å²) in [5.41, 5.74) is 2.00. The number of hydrogen-bond donors (Lipinski definition) is 3. The summed E-state index contributed by atoms with van der Waals surface area (Å²) in [6.45, 7) is 2.02. The summed E-state index contributed by atoms with van der Waals surface area (Å²) < 4.78 is 0. The van der Waals surface area contributed by atoms with Crippen LogP contribution in [0.2, 0.25) is 0 Å². The van der Waals surface area contributed by atoms with Crippen LogP contribution in [0.1, 0.15) is 47.3 Å². The molecule has 2 aromatic rings. The minimum atomic E-state index is -1.19. The van der Waals surface area contributed by atoms with Crippen molar-refractivity contribution in [1.82, 2.24) is 19.8 Å². The van der Waals surface area contributed by atoms with E-state index >= 15 is 0 Å². The zero-order valence-corrected chi connectivity index (χ0v) is 20.6. The first kappa shape index (κ1) is 25.3. The number of aliphatic hydroxyl groups excluding tert-OH is 1. The van der Waals surface area contributed by atoms with Gasteiger partial charge in [-0.1, -0.05) is 18.9 Å². The largest absolute Gasteiger partial charge is 0.381 e. The van der Waals surface area contributed by atoms with E-state index in [2.05, 4.69) is 26.7 Å². The molecule has 1 saturated heterocycles. The first-order valence-electron chi connectivity index (χ1n) is 12.1. The van der Waals surface area contributed by atoms with Crippen LogP contribution < -0.4 is 15.5 Å². The van der Waals surface area contributed by atoms with E-state index in [1.807, 2.05) is 11.9 Å². The minimum Gasteiger partial charge on any atom is -0.381 e. The highest BCUT2D eigenvalue weighted by Crippen LogP contribution is 2.26. The Hall–Kier alpha value is -3.75. The number of nitrogens with one attached hydrogen (secondary N) is 2. The van der Waals surface area contributed by atoms with E-state index in [0.717, 1.165) is 19.4 Å². The lowest BCUT2D eigenvalue weighted by atomic mass is 10.1. The van der Waals surface area contributed by atoms with Crippen molar-refractivity contribution >= 4 is 29.5 Å². The van der Waals surface area contributed by atoms with Gasteiger partial charge in [0.2, 0.25) is 12.3 Å². The van der Waals surface area contributed by atoms with E-state index in [0.29, 0.717) is 60.4 Å². The molecule has 1 saturated carbocycles. The van der Waals surface area contributed by atoms with Crippen molar-refractivity contribution in [2.45, 2.75) is 44.6 Å². The Morgan fingerprint density at radius 3 is 2.81 bits per heavy atom. The SMILES string of the molecule is CN1CCN(Cc2ccc(N(C)C(O)Nc3cc(NC4CCCC4)c(C#N)cn3)nc2C=O)C(=O)C1. The molecule has 11 nitrogen and oxygen atoms in total. The first-order chi connectivity index (χ1) is 17.4. The van der Waals surface area contributed by atoms with E-state index in [4.69, 9.17) is 0 Å². The summed E-state index contributed by atoms with van der Waals surface area (Å²) >= 11 is 0. The maximum Gasteiger partial charge on any atom is 0.237 e. The molecule has 3 heterocycles. The molecule has 0 spiro atoms. The maximum atomic E-state index is 12.3. The molecule has 0 radical (unpaired) electrons. The van der Waals surface area contributed by atoms with Crippen LogP contribution in [-0.4, -0.2) is 83.2 Å². The highest BCUT2D eigenvalue weighted by Gasteiger charge is 2.23. The summed E-state index contributed by atoms with van der Waals surface area (Å²) in [6, 6.07) is 7.65. The van der Waals surface area contributed by atoms with Gasteiger partial charge in [0, 0.05) is 50.6 Å². The van der Waals surface area contributed by atoms with Crippen LogP contribution >= 0.6 is 0 Å². The van der Waals surface area contributed by atoms with Crippen LogP contribution in [0.25, 0.3) is 0 Å². The van der Waals surface area contributed by atoms with Crippen molar-refractivity contribution in [3.8, 4) is 6.07 Å². The van der Waals surface area contributed by atoms with Gasteiger partial charge in [-0.15, -0.1) is 0 Å². The molecule has 2 aliphatic rings. The van der Waals surface area contributed by atoms with Gasteiger partial charge in [-0.05, 0) is 26.0 Å². The van der Waals surface area contributed by atoms with Crippen molar-refractivity contribution < 1.29 is 14.7 Å². The third kappa shape index (κ3) is 5.90. The number of likely N-dealkylation sites (N-methyl/N-ethyl adjacent to an activating group) is 1. The van der Waals surface area contributed by atoms with Gasteiger partial charge in [0.25, 0.3) is 0 Å². The second kappa shape index (κ2) is 11.3. The second-order valence-corrected chi connectivity index (χ2v) is 9.37. The molecule has 0 bridgehead atoms. The predicted octanol–water partition coefficient (Wildman–Crippen LogP) is 1.61. The Balaban J connectivity index is 1.44. The Morgan fingerprint density at radius 1 is 1.33 bits per heavy atom. The van der Waals surface area contributed by atoms with E-state index < -0.39 is 6.35 Å². The number of anilines is 3. The number of carbonyl (C=O) groups excluding carboxylic acids is 2. The van der Waals surface area contributed by atoms with Crippen molar-refractivity contribution in [2.75, 3.05) is 49.3 Å². The van der Waals surface area contributed by atoms with Crippen LogP contribution in [0, 0.1) is 11.3 Å². The topological polar surface area (TPSA) is 138 Å². The smallest absolute Gasteiger partial charge is 0.237 e. The van der Waals surface area contributed by atoms with E-state index in [-0.39, 0.29) is 11.6 Å². The fourth-order valence-corrected chi connectivity index (χ4v) is 4.51. The van der Waals surface area contributed by atoms with Gasteiger partial charge in [0.15, 0.2) is 6.29 Å². The zero-order chi connectivity index (χ0) is 25.7. The van der Waals surface area contributed by atoms with Crippen molar-refractivity contribution in [1.29, 1.82) is 5.26 Å². The molecule has 190 valence electrons. The molecule has 1 atom stereocenters. The molecule has 36 heavy (non-hydrogen) atoms. The maximum absolute atomic E-state index is 12.3. The molecule has 11 heteroatoms. The number of rotatable bonds is 9. The Labute approximate surface area is 210 Å². The number of aliphatic hydroxyl groups is 1. The number of piperazine rings is 1. The molecule has 1 amide bonds. The Kier molecular flexibility index (Phi) is 7.97. The molecule has 4 rings (SSSR count). The summed E-state index contributed by atoms with van der Waals surface area (Å²) in [4.78, 5) is 37.9. The third-order valence-electron chi connectivity index (χ3n) is 6.72. The van der Waals surface area contributed by atoms with E-state index in [1.165, 1.54) is 23.9 Å². The van der Waals surface area contributed by atoms with E-state index in [1.54, 1.807) is 30.1 Å². The highest BCUT2D eigenvalue weighted by atomic mass is 16.3. The number of aromatic nitrogens is 2. The third-order valence-corrected chi connectivity index (χ3v) is 6.72. The average molecular weight is 493 g/mol. The summed E-state index contributed by atoms with van der Waals surface area (Å²) in [5, 5.41) is 26.6. The first-order valence-corrected chi connectivity index (χ1v) is 12.1. The molecule has 2 aromatic heterocycles. The molecule has 1 unspecified atom stereocenters. The standard InChI is InChI=1S/C25H32N8O3/c1-31-9-10-33(24(35)15-31)14-17-7-8-23(29-21(17)16-34)32(2)25(36)30-22-11-20(18(12-26)13-27-22)28-19-5-3-4-6-19/h7-8,11,13,16,19,25,36H,3-6,9-10,14-15H2,1-2H3,(H2,27,28,30). The van der Waals surface area contributed by atoms with Gasteiger partial charge in [0.1, 0.15) is 23.4 Å². The van der Waals surface area contributed by atoms with Gasteiger partial charge in [-0.3, -0.25) is 14.5 Å². The lowest BCUT2D eigenvalue weighted by Gasteiger charge is -2.32. The molecule has 1 aliphatic carbocycles. The van der Waals surface area contributed by atoms with Crippen LogP contribution in [-0.2, 0) is 11.3 Å². The molecule has 1 aliphatic heterocycles. The fourth-order valence-electron chi connectivity index (χ4n) is 4.51. The van der Waals surface area contributed by atoms with Crippen LogP contribution in [0.3, 0.4) is 0 Å². The average Bonchev–Trinajstić information content (AvgIpc) is 3.38. The monoisotopic (exact) mass is 492 g/mol. The van der Waals surface area contributed by atoms with Gasteiger partial charge in [0.05, 0.1) is 17.8 Å². The van der Waals surface area contributed by atoms with E-state index in [9.17, 15) is 20.0 Å². The van der Waals surface area contributed by atoms with Crippen LogP contribution in [0.5, 0.6) is 0 Å². The second-order valence-electron chi connectivity index (χ2n) is 9.37. The highest BCUT2D eigenvalue weighted by molar-refractivity contribution is 5.80. The number of pyridine rings is 2.